The molecule has 0 aliphatic heterocycles. The Morgan fingerprint density at radius 1 is 1.33 bits per heavy atom. The van der Waals surface area contributed by atoms with Gasteiger partial charge in [-0.1, -0.05) is 24.6 Å². The van der Waals surface area contributed by atoms with E-state index >= 15 is 0 Å². The largest absolute Gasteiger partial charge is 0.480 e. The summed E-state index contributed by atoms with van der Waals surface area (Å²) in [4.78, 5) is 22.9. The predicted octanol–water partition coefficient (Wildman–Crippen LogP) is 1.70. The molecule has 0 radical (unpaired) electrons. The van der Waals surface area contributed by atoms with E-state index in [0.717, 1.165) is 6.42 Å². The zero-order chi connectivity index (χ0) is 13.2. The lowest BCUT2D eigenvalue weighted by Crippen LogP contribution is -2.50. The lowest BCUT2D eigenvalue weighted by Gasteiger charge is -2.35. The van der Waals surface area contributed by atoms with Crippen molar-refractivity contribution in [3.05, 3.63) is 35.6 Å². The van der Waals surface area contributed by atoms with E-state index in [9.17, 15) is 14.0 Å². The first-order valence-electron chi connectivity index (χ1n) is 5.81. The molecular weight excluding hydrogens is 237 g/mol. The Morgan fingerprint density at radius 3 is 2.50 bits per heavy atom. The summed E-state index contributed by atoms with van der Waals surface area (Å²) in [6, 6.07) is 6.09. The van der Waals surface area contributed by atoms with Gasteiger partial charge in [-0.2, -0.15) is 0 Å². The van der Waals surface area contributed by atoms with E-state index in [0.29, 0.717) is 18.4 Å². The summed E-state index contributed by atoms with van der Waals surface area (Å²) in [6.07, 6.45) is 1.44. The molecule has 1 aromatic carbocycles. The van der Waals surface area contributed by atoms with Gasteiger partial charge in [0.15, 0.2) is 0 Å². The first-order valence-corrected chi connectivity index (χ1v) is 5.81. The predicted molar refractivity (Wildman–Crippen MR) is 62.2 cm³/mol. The average molecular weight is 251 g/mol. The number of halogens is 1. The maximum absolute atomic E-state index is 13.3. The molecule has 1 aliphatic rings. The maximum Gasteiger partial charge on any atom is 0.319 e. The first-order chi connectivity index (χ1) is 8.56. The fraction of sp³-hybridized carbons (Fsp3) is 0.385. The molecule has 0 aromatic heterocycles. The van der Waals surface area contributed by atoms with Crippen LogP contribution in [0.5, 0.6) is 0 Å². The van der Waals surface area contributed by atoms with Crippen LogP contribution in [0.15, 0.2) is 24.3 Å². The van der Waals surface area contributed by atoms with Crippen molar-refractivity contribution in [1.29, 1.82) is 0 Å². The van der Waals surface area contributed by atoms with Crippen LogP contribution in [0, 0.1) is 11.2 Å². The van der Waals surface area contributed by atoms with Crippen molar-refractivity contribution in [2.45, 2.75) is 25.8 Å². The fourth-order valence-corrected chi connectivity index (χ4v) is 2.05. The zero-order valence-corrected chi connectivity index (χ0v) is 9.78. The Labute approximate surface area is 104 Å². The van der Waals surface area contributed by atoms with Crippen LogP contribution in [0.2, 0.25) is 0 Å². The molecule has 96 valence electrons. The second-order valence-corrected chi connectivity index (χ2v) is 4.51. The molecule has 0 bridgehead atoms. The molecule has 18 heavy (non-hydrogen) atoms. The number of nitrogens with one attached hydrogen (secondary N) is 1. The summed E-state index contributed by atoms with van der Waals surface area (Å²) in [5, 5.41) is 11.6. The van der Waals surface area contributed by atoms with Crippen LogP contribution >= 0.6 is 0 Å². The minimum absolute atomic E-state index is 0.0144. The second-order valence-electron chi connectivity index (χ2n) is 4.51. The second kappa shape index (κ2) is 4.76. The molecule has 0 heterocycles. The van der Waals surface area contributed by atoms with E-state index in [1.807, 2.05) is 0 Å². The van der Waals surface area contributed by atoms with Crippen molar-refractivity contribution in [2.24, 2.45) is 5.41 Å². The van der Waals surface area contributed by atoms with Gasteiger partial charge in [0.25, 0.3) is 0 Å². The van der Waals surface area contributed by atoms with E-state index in [4.69, 9.17) is 5.11 Å². The van der Waals surface area contributed by atoms with Gasteiger partial charge in [0.1, 0.15) is 11.2 Å². The summed E-state index contributed by atoms with van der Waals surface area (Å²) < 4.78 is 13.3. The molecule has 1 amide bonds. The molecule has 0 saturated heterocycles. The van der Waals surface area contributed by atoms with Crippen LogP contribution in [0.25, 0.3) is 0 Å². The Bertz CT molecular complexity index is 483. The van der Waals surface area contributed by atoms with Crippen molar-refractivity contribution in [3.63, 3.8) is 0 Å². The quantitative estimate of drug-likeness (QED) is 0.800. The number of rotatable bonds is 4. The molecule has 1 aliphatic carbocycles. The number of hydrogen-bond acceptors (Lipinski definition) is 2. The van der Waals surface area contributed by atoms with E-state index in [1.54, 1.807) is 18.2 Å². The molecule has 0 atom stereocenters. The number of carbonyl (C=O) groups excluding carboxylic acids is 1. The number of hydrogen-bond donors (Lipinski definition) is 2. The standard InChI is InChI=1S/C13H14FNO3/c14-10-5-2-1-4-9(10)8-15-11(16)13(12(17)18)6-3-7-13/h1-2,4-5H,3,6-8H2,(H,15,16)(H,17,18). The molecule has 2 rings (SSSR count). The normalized spacial score (nSPS) is 16.7. The Kier molecular flexibility index (Phi) is 3.32. The van der Waals surface area contributed by atoms with Gasteiger partial charge in [-0.25, -0.2) is 4.39 Å². The minimum Gasteiger partial charge on any atom is -0.480 e. The number of carboxylic acids is 1. The Hall–Kier alpha value is -1.91. The maximum atomic E-state index is 13.3. The third kappa shape index (κ3) is 2.08. The SMILES string of the molecule is O=C(O)C1(C(=O)NCc2ccccc2F)CCC1. The summed E-state index contributed by atoms with van der Waals surface area (Å²) in [5.74, 6) is -2.03. The molecule has 2 N–H and O–H groups in total. The molecule has 1 saturated carbocycles. The van der Waals surface area contributed by atoms with Crippen LogP contribution in [0.1, 0.15) is 24.8 Å². The number of carboxylic acid groups (broad SMARTS) is 1. The number of aliphatic carboxylic acids is 1. The van der Waals surface area contributed by atoms with E-state index < -0.39 is 23.1 Å². The number of benzene rings is 1. The molecule has 5 heteroatoms. The van der Waals surface area contributed by atoms with Crippen LogP contribution in [-0.2, 0) is 16.1 Å². The fourth-order valence-electron chi connectivity index (χ4n) is 2.05. The van der Waals surface area contributed by atoms with Crippen LogP contribution in [0.3, 0.4) is 0 Å². The minimum atomic E-state index is -1.30. The molecule has 0 unspecified atom stereocenters. The van der Waals surface area contributed by atoms with E-state index in [2.05, 4.69) is 5.32 Å². The van der Waals surface area contributed by atoms with Crippen molar-refractivity contribution >= 4 is 11.9 Å². The van der Waals surface area contributed by atoms with E-state index in [1.165, 1.54) is 6.07 Å². The summed E-state index contributed by atoms with van der Waals surface area (Å²) in [5.41, 5.74) is -0.948. The summed E-state index contributed by atoms with van der Waals surface area (Å²) in [7, 11) is 0. The zero-order valence-electron chi connectivity index (χ0n) is 9.78. The third-order valence-electron chi connectivity index (χ3n) is 3.45. The van der Waals surface area contributed by atoms with Crippen molar-refractivity contribution < 1.29 is 19.1 Å². The van der Waals surface area contributed by atoms with Crippen LogP contribution in [0.4, 0.5) is 4.39 Å². The monoisotopic (exact) mass is 251 g/mol. The molecule has 1 aromatic rings. The highest BCUT2D eigenvalue weighted by atomic mass is 19.1. The summed E-state index contributed by atoms with van der Waals surface area (Å²) >= 11 is 0. The van der Waals surface area contributed by atoms with Gasteiger partial charge < -0.3 is 10.4 Å². The number of carbonyl (C=O) groups is 2. The highest BCUT2D eigenvalue weighted by molar-refractivity contribution is 6.02. The van der Waals surface area contributed by atoms with Crippen molar-refractivity contribution in [1.82, 2.24) is 5.32 Å². The molecule has 0 spiro atoms. The Balaban J connectivity index is 2.01. The van der Waals surface area contributed by atoms with Gasteiger partial charge in [-0.05, 0) is 18.9 Å². The first kappa shape index (κ1) is 12.5. The van der Waals surface area contributed by atoms with Gasteiger partial charge in [0.05, 0.1) is 0 Å². The smallest absolute Gasteiger partial charge is 0.319 e. The third-order valence-corrected chi connectivity index (χ3v) is 3.45. The molecule has 1 fully saturated rings. The average Bonchev–Trinajstić information content (AvgIpc) is 2.26. The van der Waals surface area contributed by atoms with Gasteiger partial charge in [-0.3, -0.25) is 9.59 Å². The van der Waals surface area contributed by atoms with Gasteiger partial charge in [0, 0.05) is 12.1 Å². The molecule has 4 nitrogen and oxygen atoms in total. The number of amides is 1. The van der Waals surface area contributed by atoms with Gasteiger partial charge in [-0.15, -0.1) is 0 Å². The lowest BCUT2D eigenvalue weighted by molar-refractivity contribution is -0.162. The van der Waals surface area contributed by atoms with Gasteiger partial charge >= 0.3 is 5.97 Å². The van der Waals surface area contributed by atoms with E-state index in [-0.39, 0.29) is 6.54 Å². The Morgan fingerprint density at radius 2 is 2.00 bits per heavy atom. The highest BCUT2D eigenvalue weighted by Gasteiger charge is 2.51. The molecular formula is C13H14FNO3. The topological polar surface area (TPSA) is 66.4 Å². The van der Waals surface area contributed by atoms with Crippen molar-refractivity contribution in [3.8, 4) is 0 Å². The van der Waals surface area contributed by atoms with Crippen LogP contribution in [-0.4, -0.2) is 17.0 Å². The van der Waals surface area contributed by atoms with Crippen molar-refractivity contribution in [2.75, 3.05) is 0 Å². The summed E-state index contributed by atoms with van der Waals surface area (Å²) in [6.45, 7) is 0.0144. The van der Waals surface area contributed by atoms with Gasteiger partial charge in [0.2, 0.25) is 5.91 Å². The highest BCUT2D eigenvalue weighted by Crippen LogP contribution is 2.41. The lowest BCUT2D eigenvalue weighted by atomic mass is 9.68. The van der Waals surface area contributed by atoms with Crippen LogP contribution < -0.4 is 5.32 Å².